The SMILES string of the molecule is CC(NCc1c(O)cccc1Cl)C(=O)N1CCOCC1. The summed E-state index contributed by atoms with van der Waals surface area (Å²) in [7, 11) is 0. The van der Waals surface area contributed by atoms with Crippen molar-refractivity contribution in [3.63, 3.8) is 0 Å². The highest BCUT2D eigenvalue weighted by Crippen LogP contribution is 2.24. The first-order valence-electron chi connectivity index (χ1n) is 6.66. The fourth-order valence-corrected chi connectivity index (χ4v) is 2.36. The van der Waals surface area contributed by atoms with Crippen molar-refractivity contribution in [3.8, 4) is 5.75 Å². The smallest absolute Gasteiger partial charge is 0.239 e. The van der Waals surface area contributed by atoms with E-state index in [0.29, 0.717) is 43.4 Å². The maximum absolute atomic E-state index is 12.2. The van der Waals surface area contributed by atoms with E-state index < -0.39 is 0 Å². The van der Waals surface area contributed by atoms with E-state index in [1.807, 2.05) is 6.92 Å². The largest absolute Gasteiger partial charge is 0.508 e. The van der Waals surface area contributed by atoms with Gasteiger partial charge in [0, 0.05) is 30.2 Å². The van der Waals surface area contributed by atoms with Crippen LogP contribution < -0.4 is 5.32 Å². The number of benzene rings is 1. The Hall–Kier alpha value is -1.30. The number of hydrogen-bond acceptors (Lipinski definition) is 4. The number of aromatic hydroxyl groups is 1. The number of morpholine rings is 1. The number of nitrogens with zero attached hydrogens (tertiary/aromatic N) is 1. The predicted molar refractivity (Wildman–Crippen MR) is 76.8 cm³/mol. The van der Waals surface area contributed by atoms with E-state index in [-0.39, 0.29) is 17.7 Å². The van der Waals surface area contributed by atoms with Crippen molar-refractivity contribution in [2.24, 2.45) is 0 Å². The van der Waals surface area contributed by atoms with Gasteiger partial charge in [-0.1, -0.05) is 17.7 Å². The third kappa shape index (κ3) is 3.62. The second-order valence-corrected chi connectivity index (χ2v) is 5.18. The summed E-state index contributed by atoms with van der Waals surface area (Å²) in [6.07, 6.45) is 0. The first-order valence-corrected chi connectivity index (χ1v) is 7.03. The standard InChI is InChI=1S/C14H19ClN2O3/c1-10(14(19)17-5-7-20-8-6-17)16-9-11-12(15)3-2-4-13(11)18/h2-4,10,16,18H,5-9H2,1H3. The minimum atomic E-state index is -0.330. The number of rotatable bonds is 4. The molecule has 0 aromatic heterocycles. The van der Waals surface area contributed by atoms with Crippen molar-refractivity contribution in [2.45, 2.75) is 19.5 Å². The molecule has 5 nitrogen and oxygen atoms in total. The van der Waals surface area contributed by atoms with Crippen molar-refractivity contribution >= 4 is 17.5 Å². The Labute approximate surface area is 123 Å². The van der Waals surface area contributed by atoms with E-state index in [1.54, 1.807) is 23.1 Å². The molecule has 1 aliphatic rings. The molecular weight excluding hydrogens is 280 g/mol. The Morgan fingerprint density at radius 1 is 1.50 bits per heavy atom. The molecule has 2 rings (SSSR count). The van der Waals surface area contributed by atoms with Crippen molar-refractivity contribution in [2.75, 3.05) is 26.3 Å². The Morgan fingerprint density at radius 3 is 2.85 bits per heavy atom. The summed E-state index contributed by atoms with van der Waals surface area (Å²) < 4.78 is 5.23. The van der Waals surface area contributed by atoms with Gasteiger partial charge < -0.3 is 20.1 Å². The molecule has 1 saturated heterocycles. The van der Waals surface area contributed by atoms with Gasteiger partial charge in [-0.25, -0.2) is 0 Å². The Balaban J connectivity index is 1.91. The number of hydrogen-bond donors (Lipinski definition) is 2. The normalized spacial score (nSPS) is 17.0. The minimum absolute atomic E-state index is 0.0415. The Bertz CT molecular complexity index is 455. The number of halogens is 1. The monoisotopic (exact) mass is 298 g/mol. The first kappa shape index (κ1) is 15.1. The molecule has 1 aromatic rings. The molecule has 110 valence electrons. The van der Waals surface area contributed by atoms with Crippen molar-refractivity contribution < 1.29 is 14.6 Å². The van der Waals surface area contributed by atoms with Crippen LogP contribution in [-0.4, -0.2) is 48.3 Å². The van der Waals surface area contributed by atoms with E-state index in [2.05, 4.69) is 5.32 Å². The lowest BCUT2D eigenvalue weighted by molar-refractivity contribution is -0.137. The molecule has 0 aliphatic carbocycles. The van der Waals surface area contributed by atoms with Gasteiger partial charge in [0.1, 0.15) is 5.75 Å². The Kier molecular flexibility index (Phi) is 5.23. The van der Waals surface area contributed by atoms with E-state index in [4.69, 9.17) is 16.3 Å². The zero-order valence-corrected chi connectivity index (χ0v) is 12.2. The molecule has 1 aliphatic heterocycles. The lowest BCUT2D eigenvalue weighted by atomic mass is 10.2. The molecule has 1 unspecified atom stereocenters. The Morgan fingerprint density at radius 2 is 2.20 bits per heavy atom. The van der Waals surface area contributed by atoms with E-state index >= 15 is 0 Å². The molecule has 2 N–H and O–H groups in total. The van der Waals surface area contributed by atoms with Crippen LogP contribution in [0.2, 0.25) is 5.02 Å². The highest BCUT2D eigenvalue weighted by molar-refractivity contribution is 6.31. The number of carbonyl (C=O) groups excluding carboxylic acids is 1. The topological polar surface area (TPSA) is 61.8 Å². The summed E-state index contributed by atoms with van der Waals surface area (Å²) in [5, 5.41) is 13.3. The summed E-state index contributed by atoms with van der Waals surface area (Å²) in [6, 6.07) is 4.65. The van der Waals surface area contributed by atoms with Gasteiger partial charge in [-0.05, 0) is 19.1 Å². The molecule has 1 fully saturated rings. The highest BCUT2D eigenvalue weighted by Gasteiger charge is 2.22. The van der Waals surface area contributed by atoms with Gasteiger partial charge >= 0.3 is 0 Å². The van der Waals surface area contributed by atoms with Crippen molar-refractivity contribution in [1.82, 2.24) is 10.2 Å². The molecule has 20 heavy (non-hydrogen) atoms. The molecular formula is C14H19ClN2O3. The van der Waals surface area contributed by atoms with Crippen LogP contribution in [0.3, 0.4) is 0 Å². The average molecular weight is 299 g/mol. The van der Waals surface area contributed by atoms with Crippen molar-refractivity contribution in [3.05, 3.63) is 28.8 Å². The summed E-state index contributed by atoms with van der Waals surface area (Å²) in [5.74, 6) is 0.177. The molecule has 1 atom stereocenters. The fraction of sp³-hybridized carbons (Fsp3) is 0.500. The molecule has 1 heterocycles. The maximum Gasteiger partial charge on any atom is 0.239 e. The van der Waals surface area contributed by atoms with Gasteiger partial charge in [0.2, 0.25) is 5.91 Å². The van der Waals surface area contributed by atoms with Crippen LogP contribution in [0.25, 0.3) is 0 Å². The molecule has 0 spiro atoms. The first-order chi connectivity index (χ1) is 9.59. The molecule has 0 radical (unpaired) electrons. The zero-order valence-electron chi connectivity index (χ0n) is 11.4. The van der Waals surface area contributed by atoms with Crippen LogP contribution in [0.15, 0.2) is 18.2 Å². The predicted octanol–water partition coefficient (Wildman–Crippen LogP) is 1.38. The van der Waals surface area contributed by atoms with Gasteiger partial charge in [-0.3, -0.25) is 4.79 Å². The summed E-state index contributed by atoms with van der Waals surface area (Å²) in [4.78, 5) is 14.0. The third-order valence-electron chi connectivity index (χ3n) is 3.37. The third-order valence-corrected chi connectivity index (χ3v) is 3.73. The van der Waals surface area contributed by atoms with E-state index in [0.717, 1.165) is 0 Å². The van der Waals surface area contributed by atoms with Crippen LogP contribution in [0.5, 0.6) is 5.75 Å². The number of phenolic OH excluding ortho intramolecular Hbond substituents is 1. The second kappa shape index (κ2) is 6.92. The average Bonchev–Trinajstić information content (AvgIpc) is 2.46. The van der Waals surface area contributed by atoms with Gasteiger partial charge in [0.15, 0.2) is 0 Å². The highest BCUT2D eigenvalue weighted by atomic mass is 35.5. The van der Waals surface area contributed by atoms with Crippen LogP contribution in [0.1, 0.15) is 12.5 Å². The number of nitrogens with one attached hydrogen (secondary N) is 1. The van der Waals surface area contributed by atoms with Gasteiger partial charge in [0.25, 0.3) is 0 Å². The fourth-order valence-electron chi connectivity index (χ4n) is 2.12. The van der Waals surface area contributed by atoms with Crippen LogP contribution in [-0.2, 0) is 16.1 Å². The van der Waals surface area contributed by atoms with E-state index in [9.17, 15) is 9.90 Å². The van der Waals surface area contributed by atoms with Crippen molar-refractivity contribution in [1.29, 1.82) is 0 Å². The number of amides is 1. The number of ether oxygens (including phenoxy) is 1. The quantitative estimate of drug-likeness (QED) is 0.882. The van der Waals surface area contributed by atoms with Gasteiger partial charge in [0.05, 0.1) is 19.3 Å². The molecule has 1 amide bonds. The molecule has 1 aromatic carbocycles. The van der Waals surface area contributed by atoms with Crippen LogP contribution in [0.4, 0.5) is 0 Å². The lowest BCUT2D eigenvalue weighted by Gasteiger charge is -2.29. The zero-order chi connectivity index (χ0) is 14.5. The van der Waals surface area contributed by atoms with Crippen LogP contribution >= 0.6 is 11.6 Å². The number of phenols is 1. The maximum atomic E-state index is 12.2. The second-order valence-electron chi connectivity index (χ2n) is 4.78. The van der Waals surface area contributed by atoms with Crippen LogP contribution in [0, 0.1) is 0 Å². The molecule has 0 bridgehead atoms. The summed E-state index contributed by atoms with van der Waals surface area (Å²) in [5.41, 5.74) is 0.607. The molecule has 6 heteroatoms. The number of carbonyl (C=O) groups is 1. The van der Waals surface area contributed by atoms with E-state index in [1.165, 1.54) is 0 Å². The molecule has 0 saturated carbocycles. The lowest BCUT2D eigenvalue weighted by Crippen LogP contribution is -2.49. The summed E-state index contributed by atoms with van der Waals surface area (Å²) in [6.45, 7) is 4.59. The van der Waals surface area contributed by atoms with Gasteiger partial charge in [-0.15, -0.1) is 0 Å². The summed E-state index contributed by atoms with van der Waals surface area (Å²) >= 11 is 6.03. The van der Waals surface area contributed by atoms with Gasteiger partial charge in [-0.2, -0.15) is 0 Å². The minimum Gasteiger partial charge on any atom is -0.508 e.